The molecule has 2 heterocycles. The summed E-state index contributed by atoms with van der Waals surface area (Å²) < 4.78 is 5.42. The zero-order valence-corrected chi connectivity index (χ0v) is 21.5. The average Bonchev–Trinajstić information content (AvgIpc) is 3.18. The van der Waals surface area contributed by atoms with Crippen molar-refractivity contribution in [2.24, 2.45) is 10.9 Å². The highest BCUT2D eigenvalue weighted by molar-refractivity contribution is 14.0. The number of aromatic nitrogens is 3. The average molecular weight is 535 g/mol. The van der Waals surface area contributed by atoms with Crippen LogP contribution in [0, 0.1) is 5.92 Å². The highest BCUT2D eigenvalue weighted by Gasteiger charge is 2.25. The second-order valence-corrected chi connectivity index (χ2v) is 8.79. The number of aliphatic imine (C=N–C) groups is 1. The second-order valence-electron chi connectivity index (χ2n) is 8.79. The highest BCUT2D eigenvalue weighted by atomic mass is 127. The van der Waals surface area contributed by atoms with Crippen LogP contribution in [0.1, 0.15) is 59.2 Å². The first kappa shape index (κ1) is 26.4. The number of hydrogen-bond donors (Lipinski definition) is 2. The molecule has 1 saturated heterocycles. The molecule has 172 valence electrons. The van der Waals surface area contributed by atoms with Crippen LogP contribution in [0.4, 0.5) is 4.79 Å². The minimum Gasteiger partial charge on any atom is -0.444 e. The lowest BCUT2D eigenvalue weighted by Crippen LogP contribution is -2.45. The standard InChI is InChI=1S/C20H37N7O2.HI/c1-7-21-18(27-10-8-16(9-11-27)17-23-14-24-25-17)22-12-15(2)13-26(6)19(28)29-20(3,4)5;/h14-16H,7-13H2,1-6H3,(H,21,22)(H,23,24,25);1H. The first-order chi connectivity index (χ1) is 13.7. The maximum atomic E-state index is 12.1. The zero-order valence-electron chi connectivity index (χ0n) is 19.1. The van der Waals surface area contributed by atoms with E-state index in [-0.39, 0.29) is 36.0 Å². The number of aromatic amines is 1. The topological polar surface area (TPSA) is 98.7 Å². The van der Waals surface area contributed by atoms with Crippen LogP contribution in [0.3, 0.4) is 0 Å². The van der Waals surface area contributed by atoms with E-state index in [1.807, 2.05) is 20.8 Å². The van der Waals surface area contributed by atoms with Gasteiger partial charge in [0.2, 0.25) is 0 Å². The molecule has 1 unspecified atom stereocenters. The van der Waals surface area contributed by atoms with Crippen LogP contribution >= 0.6 is 24.0 Å². The van der Waals surface area contributed by atoms with Crippen molar-refractivity contribution in [2.45, 2.75) is 59.0 Å². The third-order valence-electron chi connectivity index (χ3n) is 4.79. The number of halogens is 1. The Hall–Kier alpha value is -1.59. The number of carbonyl (C=O) groups excluding carboxylic acids is 1. The summed E-state index contributed by atoms with van der Waals surface area (Å²) in [6.45, 7) is 13.8. The van der Waals surface area contributed by atoms with Gasteiger partial charge < -0.3 is 19.9 Å². The van der Waals surface area contributed by atoms with E-state index in [1.165, 1.54) is 0 Å². The van der Waals surface area contributed by atoms with Crippen LogP contribution in [0.15, 0.2) is 11.3 Å². The Bertz CT molecular complexity index is 653. The number of piperidine rings is 1. The van der Waals surface area contributed by atoms with Crippen LogP contribution < -0.4 is 5.32 Å². The van der Waals surface area contributed by atoms with E-state index >= 15 is 0 Å². The zero-order chi connectivity index (χ0) is 21.4. The summed E-state index contributed by atoms with van der Waals surface area (Å²) in [5.41, 5.74) is -0.483. The van der Waals surface area contributed by atoms with Crippen LogP contribution in [-0.4, -0.2) is 82.4 Å². The minimum absolute atomic E-state index is 0. The van der Waals surface area contributed by atoms with Gasteiger partial charge in [-0.05, 0) is 46.5 Å². The van der Waals surface area contributed by atoms with Gasteiger partial charge in [0, 0.05) is 45.7 Å². The summed E-state index contributed by atoms with van der Waals surface area (Å²) in [5.74, 6) is 2.58. The Balaban J connectivity index is 0.00000450. The van der Waals surface area contributed by atoms with Gasteiger partial charge in [0.1, 0.15) is 17.8 Å². The molecule has 1 fully saturated rings. The maximum absolute atomic E-state index is 12.1. The molecule has 1 aliphatic rings. The van der Waals surface area contributed by atoms with Crippen LogP contribution in [0.5, 0.6) is 0 Å². The van der Waals surface area contributed by atoms with E-state index in [1.54, 1.807) is 18.3 Å². The molecule has 1 aliphatic heterocycles. The summed E-state index contributed by atoms with van der Waals surface area (Å²) in [6.07, 6.45) is 3.32. The van der Waals surface area contributed by atoms with Gasteiger partial charge in [0.25, 0.3) is 0 Å². The molecular weight excluding hydrogens is 497 g/mol. The summed E-state index contributed by atoms with van der Waals surface area (Å²) in [6, 6.07) is 0. The molecular formula is C20H38IN7O2. The molecule has 0 aromatic carbocycles. The molecule has 0 spiro atoms. The number of H-pyrrole nitrogens is 1. The molecule has 30 heavy (non-hydrogen) atoms. The molecule has 1 aromatic heterocycles. The van der Waals surface area contributed by atoms with E-state index in [2.05, 4.69) is 39.2 Å². The molecule has 0 aliphatic carbocycles. The van der Waals surface area contributed by atoms with E-state index in [0.29, 0.717) is 19.0 Å². The van der Waals surface area contributed by atoms with E-state index in [9.17, 15) is 4.79 Å². The number of ether oxygens (including phenoxy) is 1. The predicted molar refractivity (Wildman–Crippen MR) is 129 cm³/mol. The lowest BCUT2D eigenvalue weighted by Gasteiger charge is -2.33. The van der Waals surface area contributed by atoms with Gasteiger partial charge in [-0.3, -0.25) is 10.1 Å². The number of hydrogen-bond acceptors (Lipinski definition) is 5. The van der Waals surface area contributed by atoms with Crippen molar-refractivity contribution in [3.8, 4) is 0 Å². The lowest BCUT2D eigenvalue weighted by atomic mass is 9.96. The van der Waals surface area contributed by atoms with Crippen LogP contribution in [0.2, 0.25) is 0 Å². The summed E-state index contributed by atoms with van der Waals surface area (Å²) in [5, 5.41) is 10.4. The maximum Gasteiger partial charge on any atom is 0.410 e. The van der Waals surface area contributed by atoms with Crippen LogP contribution in [-0.2, 0) is 4.74 Å². The molecule has 0 radical (unpaired) electrons. The summed E-state index contributed by atoms with van der Waals surface area (Å²) >= 11 is 0. The largest absolute Gasteiger partial charge is 0.444 e. The Morgan fingerprint density at radius 2 is 2.10 bits per heavy atom. The van der Waals surface area contributed by atoms with E-state index in [0.717, 1.165) is 44.3 Å². The van der Waals surface area contributed by atoms with Gasteiger partial charge >= 0.3 is 6.09 Å². The normalized spacial score (nSPS) is 16.6. The second kappa shape index (κ2) is 12.3. The summed E-state index contributed by atoms with van der Waals surface area (Å²) in [4.78, 5) is 25.2. The SMILES string of the molecule is CCNC(=NCC(C)CN(C)C(=O)OC(C)(C)C)N1CCC(c2ncn[nH]2)CC1.I. The Labute approximate surface area is 197 Å². The molecule has 0 bridgehead atoms. The fraction of sp³-hybridized carbons (Fsp3) is 0.800. The first-order valence-corrected chi connectivity index (χ1v) is 10.5. The van der Waals surface area contributed by atoms with Crippen molar-refractivity contribution in [3.05, 3.63) is 12.2 Å². The van der Waals surface area contributed by atoms with Crippen molar-refractivity contribution in [2.75, 3.05) is 39.8 Å². The highest BCUT2D eigenvalue weighted by Crippen LogP contribution is 2.25. The third-order valence-corrected chi connectivity index (χ3v) is 4.79. The van der Waals surface area contributed by atoms with Gasteiger partial charge in [-0.15, -0.1) is 24.0 Å². The number of nitrogens with zero attached hydrogens (tertiary/aromatic N) is 5. The number of guanidine groups is 1. The van der Waals surface area contributed by atoms with Gasteiger partial charge in [0.15, 0.2) is 5.96 Å². The predicted octanol–water partition coefficient (Wildman–Crippen LogP) is 3.07. The molecule has 2 N–H and O–H groups in total. The molecule has 1 aromatic rings. The van der Waals surface area contributed by atoms with Gasteiger partial charge in [0.05, 0.1) is 0 Å². The van der Waals surface area contributed by atoms with Crippen molar-refractivity contribution in [3.63, 3.8) is 0 Å². The van der Waals surface area contributed by atoms with Crippen molar-refractivity contribution < 1.29 is 9.53 Å². The van der Waals surface area contributed by atoms with Gasteiger partial charge in [-0.1, -0.05) is 6.92 Å². The summed E-state index contributed by atoms with van der Waals surface area (Å²) in [7, 11) is 1.77. The van der Waals surface area contributed by atoms with Crippen molar-refractivity contribution in [1.29, 1.82) is 0 Å². The fourth-order valence-corrected chi connectivity index (χ4v) is 3.38. The molecule has 10 heteroatoms. The Morgan fingerprint density at radius 3 is 2.63 bits per heavy atom. The van der Waals surface area contributed by atoms with Gasteiger partial charge in [-0.2, -0.15) is 5.10 Å². The fourth-order valence-electron chi connectivity index (χ4n) is 3.38. The number of nitrogens with one attached hydrogen (secondary N) is 2. The lowest BCUT2D eigenvalue weighted by molar-refractivity contribution is 0.0279. The molecule has 1 atom stereocenters. The van der Waals surface area contributed by atoms with Gasteiger partial charge in [-0.25, -0.2) is 9.78 Å². The third kappa shape index (κ3) is 8.65. The molecule has 9 nitrogen and oxygen atoms in total. The van der Waals surface area contributed by atoms with Crippen molar-refractivity contribution >= 4 is 36.0 Å². The number of likely N-dealkylation sites (tertiary alicyclic amines) is 1. The first-order valence-electron chi connectivity index (χ1n) is 10.5. The van der Waals surface area contributed by atoms with E-state index < -0.39 is 5.60 Å². The number of carbonyl (C=O) groups is 1. The molecule has 2 rings (SSSR count). The van der Waals surface area contributed by atoms with E-state index in [4.69, 9.17) is 9.73 Å². The minimum atomic E-state index is -0.483. The number of amides is 1. The monoisotopic (exact) mass is 535 g/mol. The van der Waals surface area contributed by atoms with Crippen molar-refractivity contribution in [1.82, 2.24) is 30.3 Å². The smallest absolute Gasteiger partial charge is 0.410 e. The Kier molecular flexibility index (Phi) is 10.9. The van der Waals surface area contributed by atoms with Crippen LogP contribution in [0.25, 0.3) is 0 Å². The quantitative estimate of drug-likeness (QED) is 0.330. The molecule has 1 amide bonds. The Morgan fingerprint density at radius 1 is 1.43 bits per heavy atom. The molecule has 0 saturated carbocycles. The number of rotatable bonds is 6.